The van der Waals surface area contributed by atoms with E-state index in [1.54, 1.807) is 6.20 Å². The number of Topliss-reactive ketones (excluding diaryl/α,β-unsaturated/α-hetero) is 1. The highest BCUT2D eigenvalue weighted by molar-refractivity contribution is 5.98. The van der Waals surface area contributed by atoms with E-state index in [-0.39, 0.29) is 11.2 Å². The second-order valence-electron chi connectivity index (χ2n) is 7.66. The van der Waals surface area contributed by atoms with Gasteiger partial charge in [0.1, 0.15) is 5.82 Å². The third-order valence-corrected chi connectivity index (χ3v) is 5.26. The van der Waals surface area contributed by atoms with E-state index in [0.717, 1.165) is 29.4 Å². The minimum atomic E-state index is 0.0373. The summed E-state index contributed by atoms with van der Waals surface area (Å²) in [7, 11) is 0. The zero-order valence-electron chi connectivity index (χ0n) is 13.5. The molecule has 0 aliphatic heterocycles. The largest absolute Gasteiger partial charge is 0.294 e. The lowest BCUT2D eigenvalue weighted by atomic mass is 9.75. The highest BCUT2D eigenvalue weighted by Crippen LogP contribution is 2.37. The topological polar surface area (TPSA) is 42.9 Å². The van der Waals surface area contributed by atoms with E-state index in [1.165, 1.54) is 32.1 Å². The molecule has 0 saturated heterocycles. The SMILES string of the molecule is CCC1CCC(c2ncc3c(n2)CC(C)(C)CC3=O)CC1. The molecule has 2 aliphatic rings. The fraction of sp³-hybridized carbons (Fsp3) is 0.722. The van der Waals surface area contributed by atoms with Gasteiger partial charge in [-0.2, -0.15) is 0 Å². The van der Waals surface area contributed by atoms with Gasteiger partial charge in [-0.05, 0) is 43.4 Å². The van der Waals surface area contributed by atoms with Crippen molar-refractivity contribution in [3.05, 3.63) is 23.3 Å². The van der Waals surface area contributed by atoms with Gasteiger partial charge in [-0.15, -0.1) is 0 Å². The molecule has 21 heavy (non-hydrogen) atoms. The van der Waals surface area contributed by atoms with Gasteiger partial charge in [0.15, 0.2) is 5.78 Å². The molecule has 0 bridgehead atoms. The summed E-state index contributed by atoms with van der Waals surface area (Å²) in [4.78, 5) is 21.5. The van der Waals surface area contributed by atoms with Crippen LogP contribution < -0.4 is 0 Å². The lowest BCUT2D eigenvalue weighted by molar-refractivity contribution is 0.0909. The summed E-state index contributed by atoms with van der Waals surface area (Å²) in [5, 5.41) is 0. The minimum absolute atomic E-state index is 0.0373. The number of aromatic nitrogens is 2. The first-order chi connectivity index (χ1) is 9.98. The first kappa shape index (κ1) is 14.7. The van der Waals surface area contributed by atoms with Crippen molar-refractivity contribution in [3.63, 3.8) is 0 Å². The fourth-order valence-electron chi connectivity index (χ4n) is 3.87. The van der Waals surface area contributed by atoms with Crippen molar-refractivity contribution in [2.45, 2.75) is 71.6 Å². The summed E-state index contributed by atoms with van der Waals surface area (Å²) in [6.45, 7) is 6.60. The molecule has 0 atom stereocenters. The van der Waals surface area contributed by atoms with Gasteiger partial charge in [0.05, 0.1) is 11.3 Å². The van der Waals surface area contributed by atoms with Gasteiger partial charge in [-0.3, -0.25) is 4.79 Å². The Labute approximate surface area is 127 Å². The summed E-state index contributed by atoms with van der Waals surface area (Å²) in [5.74, 6) is 2.58. The van der Waals surface area contributed by atoms with Crippen LogP contribution >= 0.6 is 0 Å². The monoisotopic (exact) mass is 286 g/mol. The molecule has 3 nitrogen and oxygen atoms in total. The first-order valence-corrected chi connectivity index (χ1v) is 8.37. The van der Waals surface area contributed by atoms with Crippen molar-refractivity contribution in [2.75, 3.05) is 0 Å². The van der Waals surface area contributed by atoms with E-state index in [2.05, 4.69) is 25.8 Å². The number of hydrogen-bond donors (Lipinski definition) is 0. The molecule has 1 aromatic heterocycles. The van der Waals surface area contributed by atoms with Gasteiger partial charge < -0.3 is 0 Å². The maximum Gasteiger partial charge on any atom is 0.166 e. The van der Waals surface area contributed by atoms with Crippen LogP contribution in [0.4, 0.5) is 0 Å². The Morgan fingerprint density at radius 3 is 2.57 bits per heavy atom. The van der Waals surface area contributed by atoms with Crippen molar-refractivity contribution < 1.29 is 4.79 Å². The van der Waals surface area contributed by atoms with Gasteiger partial charge in [-0.25, -0.2) is 9.97 Å². The van der Waals surface area contributed by atoms with Crippen LogP contribution in [-0.4, -0.2) is 15.8 Å². The van der Waals surface area contributed by atoms with E-state index < -0.39 is 0 Å². The van der Waals surface area contributed by atoms with E-state index in [0.29, 0.717) is 12.3 Å². The highest BCUT2D eigenvalue weighted by Gasteiger charge is 2.33. The summed E-state index contributed by atoms with van der Waals surface area (Å²) in [6.07, 6.45) is 9.60. The molecule has 3 rings (SSSR count). The Morgan fingerprint density at radius 2 is 1.90 bits per heavy atom. The van der Waals surface area contributed by atoms with Crippen LogP contribution in [-0.2, 0) is 6.42 Å². The molecular formula is C18H26N2O. The van der Waals surface area contributed by atoms with Gasteiger partial charge in [-0.1, -0.05) is 27.2 Å². The van der Waals surface area contributed by atoms with Crippen LogP contribution in [0.5, 0.6) is 0 Å². The zero-order chi connectivity index (χ0) is 15.0. The molecule has 0 N–H and O–H groups in total. The van der Waals surface area contributed by atoms with E-state index >= 15 is 0 Å². The Morgan fingerprint density at radius 1 is 1.19 bits per heavy atom. The number of hydrogen-bond acceptors (Lipinski definition) is 3. The minimum Gasteiger partial charge on any atom is -0.294 e. The number of carbonyl (C=O) groups is 1. The molecule has 0 unspecified atom stereocenters. The zero-order valence-corrected chi connectivity index (χ0v) is 13.5. The molecule has 1 saturated carbocycles. The van der Waals surface area contributed by atoms with Crippen LogP contribution in [0.3, 0.4) is 0 Å². The number of nitrogens with zero attached hydrogens (tertiary/aromatic N) is 2. The summed E-state index contributed by atoms with van der Waals surface area (Å²) >= 11 is 0. The average molecular weight is 286 g/mol. The van der Waals surface area contributed by atoms with Crippen LogP contribution in [0.1, 0.15) is 87.1 Å². The second-order valence-corrected chi connectivity index (χ2v) is 7.66. The molecule has 1 heterocycles. The van der Waals surface area contributed by atoms with E-state index in [1.807, 2.05) is 0 Å². The normalized spacial score (nSPS) is 28.2. The Bertz CT molecular complexity index is 542. The smallest absolute Gasteiger partial charge is 0.166 e. The van der Waals surface area contributed by atoms with Crippen LogP contribution in [0.15, 0.2) is 6.20 Å². The van der Waals surface area contributed by atoms with Crippen LogP contribution in [0.25, 0.3) is 0 Å². The van der Waals surface area contributed by atoms with Gasteiger partial charge in [0, 0.05) is 18.5 Å². The molecule has 0 aromatic carbocycles. The number of fused-ring (bicyclic) bond motifs is 1. The van der Waals surface area contributed by atoms with Crippen molar-refractivity contribution in [3.8, 4) is 0 Å². The predicted octanol–water partition coefficient (Wildman–Crippen LogP) is 4.32. The number of carbonyl (C=O) groups excluding carboxylic acids is 1. The highest BCUT2D eigenvalue weighted by atomic mass is 16.1. The molecule has 0 spiro atoms. The molecule has 114 valence electrons. The second kappa shape index (κ2) is 5.51. The molecular weight excluding hydrogens is 260 g/mol. The van der Waals surface area contributed by atoms with Gasteiger partial charge >= 0.3 is 0 Å². The first-order valence-electron chi connectivity index (χ1n) is 8.37. The average Bonchev–Trinajstić information content (AvgIpc) is 2.45. The molecule has 0 radical (unpaired) electrons. The summed E-state index contributed by atoms with van der Waals surface area (Å²) in [6, 6.07) is 0. The Balaban J connectivity index is 1.82. The number of ketones is 1. The molecule has 1 aromatic rings. The summed E-state index contributed by atoms with van der Waals surface area (Å²) in [5.41, 5.74) is 1.79. The quantitative estimate of drug-likeness (QED) is 0.813. The molecule has 2 aliphatic carbocycles. The standard InChI is InChI=1S/C18H26N2O/c1-4-12-5-7-13(8-6-12)17-19-11-14-15(20-17)9-18(2,3)10-16(14)21/h11-13H,4-10H2,1-3H3. The maximum absolute atomic E-state index is 12.2. The third-order valence-electron chi connectivity index (χ3n) is 5.26. The number of rotatable bonds is 2. The Hall–Kier alpha value is -1.25. The molecule has 0 amide bonds. The van der Waals surface area contributed by atoms with Crippen molar-refractivity contribution in [1.82, 2.24) is 9.97 Å². The van der Waals surface area contributed by atoms with Crippen LogP contribution in [0, 0.1) is 11.3 Å². The van der Waals surface area contributed by atoms with Gasteiger partial charge in [0.25, 0.3) is 0 Å². The van der Waals surface area contributed by atoms with Crippen molar-refractivity contribution in [1.29, 1.82) is 0 Å². The molecule has 1 fully saturated rings. The van der Waals surface area contributed by atoms with E-state index in [4.69, 9.17) is 4.98 Å². The maximum atomic E-state index is 12.2. The lowest BCUT2D eigenvalue weighted by Gasteiger charge is -2.31. The van der Waals surface area contributed by atoms with Crippen LogP contribution in [0.2, 0.25) is 0 Å². The predicted molar refractivity (Wildman–Crippen MR) is 83.5 cm³/mol. The molecule has 3 heteroatoms. The lowest BCUT2D eigenvalue weighted by Crippen LogP contribution is -2.29. The van der Waals surface area contributed by atoms with Crippen molar-refractivity contribution in [2.24, 2.45) is 11.3 Å². The van der Waals surface area contributed by atoms with Gasteiger partial charge in [0.2, 0.25) is 0 Å². The van der Waals surface area contributed by atoms with E-state index in [9.17, 15) is 4.79 Å². The van der Waals surface area contributed by atoms with Crippen molar-refractivity contribution >= 4 is 5.78 Å². The fourth-order valence-corrected chi connectivity index (χ4v) is 3.87. The Kier molecular flexibility index (Phi) is 3.85. The third kappa shape index (κ3) is 3.02. The summed E-state index contributed by atoms with van der Waals surface area (Å²) < 4.78 is 0.